The lowest BCUT2D eigenvalue weighted by molar-refractivity contribution is 0.0686. The number of amides is 1. The van der Waals surface area contributed by atoms with Crippen molar-refractivity contribution in [2.75, 3.05) is 6.54 Å². The Bertz CT molecular complexity index is 878. The van der Waals surface area contributed by atoms with E-state index in [2.05, 4.69) is 17.1 Å². The highest BCUT2D eigenvalue weighted by Crippen LogP contribution is 2.19. The van der Waals surface area contributed by atoms with E-state index in [0.717, 1.165) is 12.0 Å². The van der Waals surface area contributed by atoms with Crippen LogP contribution in [0.2, 0.25) is 5.02 Å². The second-order valence-corrected chi connectivity index (χ2v) is 6.83. The zero-order valence-electron chi connectivity index (χ0n) is 15.4. The minimum absolute atomic E-state index is 0.0161. The molecule has 0 saturated heterocycles. The molecule has 6 heteroatoms. The smallest absolute Gasteiger partial charge is 0.254 e. The van der Waals surface area contributed by atoms with Crippen LogP contribution in [0.3, 0.4) is 0 Å². The molecule has 0 radical (unpaired) electrons. The molecule has 5 nitrogen and oxygen atoms in total. The van der Waals surface area contributed by atoms with Crippen molar-refractivity contribution in [2.24, 2.45) is 0 Å². The molecule has 1 amide bonds. The predicted molar refractivity (Wildman–Crippen MR) is 106 cm³/mol. The molecule has 3 rings (SSSR count). The number of carbonyl (C=O) groups excluding carboxylic acids is 1. The van der Waals surface area contributed by atoms with E-state index >= 15 is 0 Å². The molecule has 1 heterocycles. The fourth-order valence-electron chi connectivity index (χ4n) is 2.78. The van der Waals surface area contributed by atoms with Gasteiger partial charge < -0.3 is 9.42 Å². The minimum Gasteiger partial charge on any atom is -0.339 e. The van der Waals surface area contributed by atoms with E-state index in [9.17, 15) is 4.79 Å². The van der Waals surface area contributed by atoms with E-state index in [-0.39, 0.29) is 11.9 Å². The maximum Gasteiger partial charge on any atom is 0.254 e. The van der Waals surface area contributed by atoms with Gasteiger partial charge in [-0.15, -0.1) is 0 Å². The number of hydrogen-bond acceptors (Lipinski definition) is 4. The van der Waals surface area contributed by atoms with Gasteiger partial charge in [0.2, 0.25) is 11.7 Å². The highest BCUT2D eigenvalue weighted by Gasteiger charge is 2.21. The summed E-state index contributed by atoms with van der Waals surface area (Å²) in [6.07, 6.45) is 1.38. The molecule has 0 spiro atoms. The third kappa shape index (κ3) is 4.74. The maximum absolute atomic E-state index is 12.9. The Hall–Kier alpha value is -2.66. The lowest BCUT2D eigenvalue weighted by atomic mass is 10.1. The molecule has 0 aliphatic heterocycles. The zero-order valence-corrected chi connectivity index (χ0v) is 16.2. The van der Waals surface area contributed by atoms with Gasteiger partial charge in [-0.2, -0.15) is 4.98 Å². The summed E-state index contributed by atoms with van der Waals surface area (Å²) < 4.78 is 5.37. The second-order valence-electron chi connectivity index (χ2n) is 6.39. The minimum atomic E-state index is 0.0161. The first-order valence-electron chi connectivity index (χ1n) is 9.03. The molecular weight excluding hydrogens is 362 g/mol. The van der Waals surface area contributed by atoms with Crippen molar-refractivity contribution in [2.45, 2.75) is 32.7 Å². The molecular formula is C21H22ClN3O2. The third-order valence-corrected chi connectivity index (χ3v) is 4.79. The van der Waals surface area contributed by atoms with Crippen LogP contribution in [0.1, 0.15) is 36.5 Å². The van der Waals surface area contributed by atoms with Crippen molar-refractivity contribution >= 4 is 17.5 Å². The first kappa shape index (κ1) is 19.1. The quantitative estimate of drug-likeness (QED) is 0.583. The molecule has 2 aromatic carbocycles. The number of benzene rings is 2. The van der Waals surface area contributed by atoms with Crippen molar-refractivity contribution in [3.8, 4) is 11.4 Å². The van der Waals surface area contributed by atoms with Gasteiger partial charge in [0, 0.05) is 35.2 Å². The Morgan fingerprint density at radius 2 is 1.85 bits per heavy atom. The summed E-state index contributed by atoms with van der Waals surface area (Å²) in [5.74, 6) is 1.04. The van der Waals surface area contributed by atoms with Gasteiger partial charge in [0.1, 0.15) is 0 Å². The zero-order chi connectivity index (χ0) is 19.2. The van der Waals surface area contributed by atoms with Gasteiger partial charge in [-0.1, -0.05) is 41.9 Å². The molecule has 27 heavy (non-hydrogen) atoms. The van der Waals surface area contributed by atoms with Crippen molar-refractivity contribution in [1.82, 2.24) is 15.0 Å². The standard InChI is InChI=1S/C21H22ClN3O2/c1-3-15(2)25(21(26)17-7-5-4-6-8-17)14-13-19-23-20(24-27-19)16-9-11-18(22)12-10-16/h4-12,15H,3,13-14H2,1-2H3/t15-/m1/s1. The first-order chi connectivity index (χ1) is 13.1. The second kappa shape index (κ2) is 8.82. The lowest BCUT2D eigenvalue weighted by Gasteiger charge is -2.28. The normalized spacial score (nSPS) is 12.0. The van der Waals surface area contributed by atoms with Gasteiger partial charge in [-0.05, 0) is 49.7 Å². The fourth-order valence-corrected chi connectivity index (χ4v) is 2.90. The maximum atomic E-state index is 12.9. The summed E-state index contributed by atoms with van der Waals surface area (Å²) in [6.45, 7) is 4.64. The third-order valence-electron chi connectivity index (χ3n) is 4.54. The van der Waals surface area contributed by atoms with Crippen LogP contribution in [0.4, 0.5) is 0 Å². The fraction of sp³-hybridized carbons (Fsp3) is 0.286. The van der Waals surface area contributed by atoms with E-state index in [1.165, 1.54) is 0 Å². The first-order valence-corrected chi connectivity index (χ1v) is 9.40. The van der Waals surface area contributed by atoms with Crippen LogP contribution in [-0.4, -0.2) is 33.5 Å². The molecule has 0 unspecified atom stereocenters. The Morgan fingerprint density at radius 1 is 1.15 bits per heavy atom. The summed E-state index contributed by atoms with van der Waals surface area (Å²) in [5, 5.41) is 4.69. The SMILES string of the molecule is CC[C@@H](C)N(CCc1nc(-c2ccc(Cl)cc2)no1)C(=O)c1ccccc1. The van der Waals surface area contributed by atoms with E-state index in [1.54, 1.807) is 12.1 Å². The average Bonchev–Trinajstić information content (AvgIpc) is 3.18. The monoisotopic (exact) mass is 383 g/mol. The Kier molecular flexibility index (Phi) is 6.24. The largest absolute Gasteiger partial charge is 0.339 e. The predicted octanol–water partition coefficient (Wildman–Crippen LogP) is 4.87. The molecule has 0 fully saturated rings. The van der Waals surface area contributed by atoms with Crippen molar-refractivity contribution < 1.29 is 9.32 Å². The van der Waals surface area contributed by atoms with E-state index in [1.807, 2.05) is 54.3 Å². The van der Waals surface area contributed by atoms with Gasteiger partial charge in [0.05, 0.1) is 0 Å². The van der Waals surface area contributed by atoms with Crippen LogP contribution in [0, 0.1) is 0 Å². The van der Waals surface area contributed by atoms with E-state index < -0.39 is 0 Å². The number of rotatable bonds is 7. The molecule has 3 aromatic rings. The average molecular weight is 384 g/mol. The van der Waals surface area contributed by atoms with Crippen molar-refractivity contribution in [1.29, 1.82) is 0 Å². The highest BCUT2D eigenvalue weighted by molar-refractivity contribution is 6.30. The van der Waals surface area contributed by atoms with Crippen molar-refractivity contribution in [3.63, 3.8) is 0 Å². The highest BCUT2D eigenvalue weighted by atomic mass is 35.5. The number of hydrogen-bond donors (Lipinski definition) is 0. The Morgan fingerprint density at radius 3 is 2.52 bits per heavy atom. The number of halogens is 1. The summed E-state index contributed by atoms with van der Waals surface area (Å²) in [4.78, 5) is 19.2. The molecule has 140 valence electrons. The molecule has 0 aliphatic rings. The van der Waals surface area contributed by atoms with Crippen LogP contribution >= 0.6 is 11.6 Å². The molecule has 0 bridgehead atoms. The summed E-state index contributed by atoms with van der Waals surface area (Å²) in [6, 6.07) is 16.7. The van der Waals surface area contributed by atoms with Gasteiger partial charge in [0.15, 0.2) is 0 Å². The number of aromatic nitrogens is 2. The van der Waals surface area contributed by atoms with Crippen LogP contribution < -0.4 is 0 Å². The molecule has 1 atom stereocenters. The molecule has 1 aromatic heterocycles. The molecule has 0 saturated carbocycles. The van der Waals surface area contributed by atoms with Gasteiger partial charge in [0.25, 0.3) is 5.91 Å². The van der Waals surface area contributed by atoms with Crippen LogP contribution in [0.15, 0.2) is 59.1 Å². The van der Waals surface area contributed by atoms with Gasteiger partial charge in [-0.25, -0.2) is 0 Å². The van der Waals surface area contributed by atoms with Gasteiger partial charge in [-0.3, -0.25) is 4.79 Å². The number of nitrogens with zero attached hydrogens (tertiary/aromatic N) is 3. The molecule has 0 aliphatic carbocycles. The number of carbonyl (C=O) groups is 1. The topological polar surface area (TPSA) is 59.2 Å². The Labute approximate surface area is 164 Å². The van der Waals surface area contributed by atoms with Crippen LogP contribution in [0.5, 0.6) is 0 Å². The van der Waals surface area contributed by atoms with Crippen molar-refractivity contribution in [3.05, 3.63) is 71.1 Å². The summed E-state index contributed by atoms with van der Waals surface area (Å²) in [7, 11) is 0. The summed E-state index contributed by atoms with van der Waals surface area (Å²) in [5.41, 5.74) is 1.53. The Balaban J connectivity index is 1.70. The van der Waals surface area contributed by atoms with Gasteiger partial charge >= 0.3 is 0 Å². The molecule has 0 N–H and O–H groups in total. The van der Waals surface area contributed by atoms with E-state index in [0.29, 0.717) is 35.3 Å². The van der Waals surface area contributed by atoms with E-state index in [4.69, 9.17) is 16.1 Å². The van der Waals surface area contributed by atoms with Crippen LogP contribution in [-0.2, 0) is 6.42 Å². The summed E-state index contributed by atoms with van der Waals surface area (Å²) >= 11 is 5.91. The van der Waals surface area contributed by atoms with Crippen LogP contribution in [0.25, 0.3) is 11.4 Å². The lowest BCUT2D eigenvalue weighted by Crippen LogP contribution is -2.39.